The Labute approximate surface area is 122 Å². The standard InChI is InChI=1S/C14H19N3S2/c1-4-13-16-14(19-17-13)18-8-12(15)11-6-9(2)5-10(3)7-11/h5-7,12H,4,8,15H2,1-3H3. The van der Waals surface area contributed by atoms with E-state index in [0.29, 0.717) is 0 Å². The summed E-state index contributed by atoms with van der Waals surface area (Å²) in [5.74, 6) is 1.76. The van der Waals surface area contributed by atoms with Crippen molar-refractivity contribution in [2.75, 3.05) is 5.75 Å². The molecule has 5 heteroatoms. The van der Waals surface area contributed by atoms with Crippen molar-refractivity contribution in [2.45, 2.75) is 37.6 Å². The van der Waals surface area contributed by atoms with Crippen molar-refractivity contribution in [3.05, 3.63) is 40.7 Å². The van der Waals surface area contributed by atoms with Crippen molar-refractivity contribution in [1.82, 2.24) is 9.36 Å². The Bertz CT molecular complexity index is 531. The lowest BCUT2D eigenvalue weighted by Gasteiger charge is -2.12. The molecule has 1 unspecified atom stereocenters. The predicted molar refractivity (Wildman–Crippen MR) is 82.9 cm³/mol. The SMILES string of the molecule is CCc1nsc(SCC(N)c2cc(C)cc(C)c2)n1. The average Bonchev–Trinajstić information content (AvgIpc) is 2.82. The maximum Gasteiger partial charge on any atom is 0.170 e. The number of aromatic nitrogens is 2. The normalized spacial score (nSPS) is 12.6. The van der Waals surface area contributed by atoms with Gasteiger partial charge in [-0.15, -0.1) is 0 Å². The molecular weight excluding hydrogens is 274 g/mol. The molecule has 2 N–H and O–H groups in total. The number of thioether (sulfide) groups is 1. The van der Waals surface area contributed by atoms with E-state index in [1.807, 2.05) is 0 Å². The third kappa shape index (κ3) is 4.03. The van der Waals surface area contributed by atoms with Crippen LogP contribution in [0.2, 0.25) is 0 Å². The van der Waals surface area contributed by atoms with Gasteiger partial charge in [0.15, 0.2) is 4.34 Å². The first-order chi connectivity index (χ1) is 9.08. The van der Waals surface area contributed by atoms with Crippen molar-refractivity contribution in [2.24, 2.45) is 5.73 Å². The van der Waals surface area contributed by atoms with E-state index in [4.69, 9.17) is 5.73 Å². The van der Waals surface area contributed by atoms with Gasteiger partial charge in [-0.25, -0.2) is 4.98 Å². The van der Waals surface area contributed by atoms with E-state index in [1.165, 1.54) is 28.2 Å². The maximum absolute atomic E-state index is 6.26. The maximum atomic E-state index is 6.26. The van der Waals surface area contributed by atoms with Crippen molar-refractivity contribution in [1.29, 1.82) is 0 Å². The number of hydrogen-bond acceptors (Lipinski definition) is 5. The molecule has 0 fully saturated rings. The van der Waals surface area contributed by atoms with Crippen LogP contribution in [0.4, 0.5) is 0 Å². The van der Waals surface area contributed by atoms with Crippen LogP contribution in [0.25, 0.3) is 0 Å². The molecule has 0 saturated carbocycles. The Kier molecular flexibility index (Phi) is 4.96. The van der Waals surface area contributed by atoms with Crippen molar-refractivity contribution < 1.29 is 0 Å². The molecule has 0 aliphatic carbocycles. The fourth-order valence-electron chi connectivity index (χ4n) is 1.92. The Balaban J connectivity index is 1.98. The second kappa shape index (κ2) is 6.50. The van der Waals surface area contributed by atoms with Crippen molar-refractivity contribution in [3.8, 4) is 0 Å². The van der Waals surface area contributed by atoms with Crippen LogP contribution in [0.15, 0.2) is 22.5 Å². The fraction of sp³-hybridized carbons (Fsp3) is 0.429. The van der Waals surface area contributed by atoms with E-state index in [0.717, 1.165) is 22.3 Å². The van der Waals surface area contributed by atoms with Crippen molar-refractivity contribution in [3.63, 3.8) is 0 Å². The molecule has 0 saturated heterocycles. The highest BCUT2D eigenvalue weighted by molar-refractivity contribution is 8.00. The van der Waals surface area contributed by atoms with Gasteiger partial charge in [-0.2, -0.15) is 4.37 Å². The van der Waals surface area contributed by atoms with Gasteiger partial charge < -0.3 is 5.73 Å². The van der Waals surface area contributed by atoms with Crippen LogP contribution in [0.5, 0.6) is 0 Å². The Hall–Kier alpha value is -0.910. The summed E-state index contributed by atoms with van der Waals surface area (Å²) in [6.45, 7) is 6.28. The van der Waals surface area contributed by atoms with Gasteiger partial charge in [0.05, 0.1) is 0 Å². The summed E-state index contributed by atoms with van der Waals surface area (Å²) in [6, 6.07) is 6.53. The number of aryl methyl sites for hydroxylation is 3. The number of nitrogens with zero attached hydrogens (tertiary/aromatic N) is 2. The van der Waals surface area contributed by atoms with Crippen LogP contribution in [0.1, 0.15) is 35.5 Å². The molecule has 3 nitrogen and oxygen atoms in total. The topological polar surface area (TPSA) is 51.8 Å². The largest absolute Gasteiger partial charge is 0.323 e. The summed E-state index contributed by atoms with van der Waals surface area (Å²) in [5, 5.41) is 0. The summed E-state index contributed by atoms with van der Waals surface area (Å²) in [4.78, 5) is 4.44. The molecular formula is C14H19N3S2. The Morgan fingerprint density at radius 3 is 2.53 bits per heavy atom. The monoisotopic (exact) mass is 293 g/mol. The highest BCUT2D eigenvalue weighted by Gasteiger charge is 2.10. The summed E-state index contributed by atoms with van der Waals surface area (Å²) < 4.78 is 5.29. The Morgan fingerprint density at radius 1 is 1.26 bits per heavy atom. The zero-order valence-electron chi connectivity index (χ0n) is 11.5. The highest BCUT2D eigenvalue weighted by atomic mass is 32.2. The molecule has 0 spiro atoms. The fourth-order valence-corrected chi connectivity index (χ4v) is 3.63. The first-order valence-electron chi connectivity index (χ1n) is 6.37. The molecule has 0 radical (unpaired) electrons. The van der Waals surface area contributed by atoms with Gasteiger partial charge >= 0.3 is 0 Å². The van der Waals surface area contributed by atoms with Gasteiger partial charge in [0.2, 0.25) is 0 Å². The lowest BCUT2D eigenvalue weighted by atomic mass is 10.0. The molecule has 2 aromatic rings. The molecule has 0 aliphatic rings. The number of nitrogens with two attached hydrogens (primary N) is 1. The first-order valence-corrected chi connectivity index (χ1v) is 8.13. The second-order valence-corrected chi connectivity index (χ2v) is 6.69. The molecule has 1 atom stereocenters. The zero-order valence-corrected chi connectivity index (χ0v) is 13.1. The van der Waals surface area contributed by atoms with Crippen LogP contribution in [-0.4, -0.2) is 15.1 Å². The summed E-state index contributed by atoms with van der Waals surface area (Å²) in [6.07, 6.45) is 0.889. The lowest BCUT2D eigenvalue weighted by Crippen LogP contribution is -2.13. The summed E-state index contributed by atoms with van der Waals surface area (Å²) in [7, 11) is 0. The number of rotatable bonds is 5. The van der Waals surface area contributed by atoms with Gasteiger partial charge in [0.1, 0.15) is 5.82 Å². The Morgan fingerprint density at radius 2 is 1.95 bits per heavy atom. The van der Waals surface area contributed by atoms with Gasteiger partial charge in [0.25, 0.3) is 0 Å². The minimum absolute atomic E-state index is 0.0394. The zero-order chi connectivity index (χ0) is 13.8. The van der Waals surface area contributed by atoms with E-state index >= 15 is 0 Å². The molecule has 2 rings (SSSR count). The van der Waals surface area contributed by atoms with E-state index in [2.05, 4.69) is 48.3 Å². The average molecular weight is 293 g/mol. The molecule has 19 heavy (non-hydrogen) atoms. The second-order valence-electron chi connectivity index (χ2n) is 4.67. The van der Waals surface area contributed by atoms with Crippen LogP contribution >= 0.6 is 23.3 Å². The van der Waals surface area contributed by atoms with Gasteiger partial charge in [-0.3, -0.25) is 0 Å². The van der Waals surface area contributed by atoms with Crippen LogP contribution in [0.3, 0.4) is 0 Å². The molecule has 102 valence electrons. The molecule has 0 bridgehead atoms. The van der Waals surface area contributed by atoms with Crippen LogP contribution in [-0.2, 0) is 6.42 Å². The lowest BCUT2D eigenvalue weighted by molar-refractivity contribution is 0.827. The van der Waals surface area contributed by atoms with Crippen molar-refractivity contribution >= 4 is 23.3 Å². The molecule has 1 aromatic heterocycles. The third-order valence-electron chi connectivity index (χ3n) is 2.82. The molecule has 0 aliphatic heterocycles. The number of hydrogen-bond donors (Lipinski definition) is 1. The van der Waals surface area contributed by atoms with Gasteiger partial charge in [0, 0.05) is 18.2 Å². The van der Waals surface area contributed by atoms with Gasteiger partial charge in [-0.1, -0.05) is 48.0 Å². The molecule has 1 heterocycles. The first kappa shape index (κ1) is 14.5. The van der Waals surface area contributed by atoms with E-state index < -0.39 is 0 Å². The van der Waals surface area contributed by atoms with E-state index in [9.17, 15) is 0 Å². The van der Waals surface area contributed by atoms with Crippen LogP contribution in [0, 0.1) is 13.8 Å². The predicted octanol–water partition coefficient (Wildman–Crippen LogP) is 3.51. The summed E-state index contributed by atoms with van der Waals surface area (Å²) in [5.41, 5.74) is 9.98. The van der Waals surface area contributed by atoms with E-state index in [1.54, 1.807) is 11.8 Å². The quantitative estimate of drug-likeness (QED) is 0.857. The minimum atomic E-state index is 0.0394. The molecule has 0 amide bonds. The number of benzene rings is 1. The van der Waals surface area contributed by atoms with E-state index in [-0.39, 0.29) is 6.04 Å². The third-order valence-corrected chi connectivity index (χ3v) is 4.81. The van der Waals surface area contributed by atoms with Gasteiger partial charge in [-0.05, 0) is 30.9 Å². The van der Waals surface area contributed by atoms with Crippen LogP contribution < -0.4 is 5.73 Å². The molecule has 1 aromatic carbocycles. The smallest absolute Gasteiger partial charge is 0.170 e. The summed E-state index contributed by atoms with van der Waals surface area (Å²) >= 11 is 3.16. The minimum Gasteiger partial charge on any atom is -0.323 e. The highest BCUT2D eigenvalue weighted by Crippen LogP contribution is 2.25.